The lowest BCUT2D eigenvalue weighted by atomic mass is 9.85. The number of carbonyl (C=O) groups is 4. The molecule has 2 aromatic rings. The van der Waals surface area contributed by atoms with Gasteiger partial charge in [0.1, 0.15) is 5.76 Å². The smallest absolute Gasteiger partial charge is 0.331 e. The molecule has 1 saturated heterocycles. The number of aliphatic imine (C=N–C) groups is 1. The number of allylic oxidation sites excluding steroid dienone is 1. The van der Waals surface area contributed by atoms with Crippen molar-refractivity contribution in [2.24, 2.45) is 16.8 Å². The highest BCUT2D eigenvalue weighted by atomic mass is 35.5. The molecule has 1 fully saturated rings. The summed E-state index contributed by atoms with van der Waals surface area (Å²) in [5.41, 5.74) is 0.302. The van der Waals surface area contributed by atoms with Crippen LogP contribution in [0.25, 0.3) is 5.76 Å². The van der Waals surface area contributed by atoms with Crippen molar-refractivity contribution in [3.63, 3.8) is 0 Å². The van der Waals surface area contributed by atoms with Crippen molar-refractivity contribution in [2.45, 2.75) is 13.0 Å². The van der Waals surface area contributed by atoms with Crippen LogP contribution >= 0.6 is 23.2 Å². The predicted molar refractivity (Wildman–Crippen MR) is 124 cm³/mol. The lowest BCUT2D eigenvalue weighted by Gasteiger charge is -2.19. The quantitative estimate of drug-likeness (QED) is 0.508. The van der Waals surface area contributed by atoms with Crippen molar-refractivity contribution >= 4 is 63.9 Å². The van der Waals surface area contributed by atoms with Crippen LogP contribution in [-0.2, 0) is 19.1 Å². The summed E-state index contributed by atoms with van der Waals surface area (Å²) in [7, 11) is 0. The fourth-order valence-electron chi connectivity index (χ4n) is 4.66. The fraction of sp³-hybridized carbons (Fsp3) is 0.208. The van der Waals surface area contributed by atoms with Gasteiger partial charge >= 0.3 is 5.97 Å². The predicted octanol–water partition coefficient (Wildman–Crippen LogP) is 3.65. The molecule has 0 radical (unpaired) electrons. The normalized spacial score (nSPS) is 23.4. The first kappa shape index (κ1) is 22.3. The van der Waals surface area contributed by atoms with E-state index in [4.69, 9.17) is 27.9 Å². The van der Waals surface area contributed by atoms with Gasteiger partial charge in [0, 0.05) is 16.1 Å². The van der Waals surface area contributed by atoms with Gasteiger partial charge in [-0.25, -0.2) is 9.69 Å². The molecule has 3 atom stereocenters. The SMILES string of the molecule is CCOC(=O)C1N=C(C2=C(O)c3ccccc3C2=O)C2C(=O)N(c3ccc(Cl)cc3Cl)C(=O)C12. The van der Waals surface area contributed by atoms with Crippen LogP contribution in [0.15, 0.2) is 53.0 Å². The molecular weight excluding hydrogens is 483 g/mol. The highest BCUT2D eigenvalue weighted by Gasteiger charge is 2.61. The van der Waals surface area contributed by atoms with Crippen molar-refractivity contribution in [3.8, 4) is 0 Å². The number of carbonyl (C=O) groups excluding carboxylic acids is 4. The number of aliphatic hydroxyl groups is 1. The lowest BCUT2D eigenvalue weighted by molar-refractivity contribution is -0.147. The van der Waals surface area contributed by atoms with Crippen LogP contribution < -0.4 is 4.90 Å². The van der Waals surface area contributed by atoms with Crippen LogP contribution in [0.4, 0.5) is 5.69 Å². The average molecular weight is 499 g/mol. The Morgan fingerprint density at radius 2 is 1.79 bits per heavy atom. The Hall–Kier alpha value is -3.49. The van der Waals surface area contributed by atoms with E-state index in [0.29, 0.717) is 5.02 Å². The third-order valence-corrected chi connectivity index (χ3v) is 6.63. The summed E-state index contributed by atoms with van der Waals surface area (Å²) in [6.07, 6.45) is 0. The first-order valence-electron chi connectivity index (χ1n) is 10.4. The van der Waals surface area contributed by atoms with E-state index in [2.05, 4.69) is 4.99 Å². The summed E-state index contributed by atoms with van der Waals surface area (Å²) in [4.78, 5) is 58.1. The Labute approximate surface area is 203 Å². The van der Waals surface area contributed by atoms with Gasteiger partial charge in [-0.1, -0.05) is 47.5 Å². The molecule has 0 bridgehead atoms. The molecule has 2 aromatic carbocycles. The van der Waals surface area contributed by atoms with E-state index in [9.17, 15) is 24.3 Å². The first-order valence-corrected chi connectivity index (χ1v) is 11.2. The zero-order chi connectivity index (χ0) is 24.3. The van der Waals surface area contributed by atoms with E-state index in [0.717, 1.165) is 4.90 Å². The molecule has 3 unspecified atom stereocenters. The molecule has 0 spiro atoms. The highest BCUT2D eigenvalue weighted by molar-refractivity contribution is 6.44. The molecule has 2 aliphatic heterocycles. The Balaban J connectivity index is 1.64. The first-order chi connectivity index (χ1) is 16.3. The van der Waals surface area contributed by atoms with Crippen molar-refractivity contribution in [1.29, 1.82) is 0 Å². The van der Waals surface area contributed by atoms with Gasteiger partial charge in [0.05, 0.1) is 40.4 Å². The van der Waals surface area contributed by atoms with Gasteiger partial charge in [0.2, 0.25) is 11.8 Å². The summed E-state index contributed by atoms with van der Waals surface area (Å²) in [5.74, 6) is -5.65. The zero-order valence-electron chi connectivity index (χ0n) is 17.6. The van der Waals surface area contributed by atoms with Crippen LogP contribution in [0.3, 0.4) is 0 Å². The summed E-state index contributed by atoms with van der Waals surface area (Å²) >= 11 is 12.2. The number of hydrogen-bond donors (Lipinski definition) is 1. The number of anilines is 1. The number of ether oxygens (including phenoxy) is 1. The molecule has 1 aliphatic carbocycles. The van der Waals surface area contributed by atoms with Crippen molar-refractivity contribution in [3.05, 3.63) is 69.2 Å². The van der Waals surface area contributed by atoms with Crippen LogP contribution in [0, 0.1) is 11.8 Å². The summed E-state index contributed by atoms with van der Waals surface area (Å²) in [6.45, 7) is 1.63. The van der Waals surface area contributed by atoms with E-state index in [1.807, 2.05) is 0 Å². The standard InChI is InChI=1S/C24H16Cl2N2O6/c1-2-34-24(33)19-16-15(22(31)28(23(16)32)14-8-7-10(25)9-13(14)26)18(27-19)17-20(29)11-5-3-4-6-12(11)21(17)30/h3-9,15-16,19,29H,2H2,1H3. The summed E-state index contributed by atoms with van der Waals surface area (Å²) < 4.78 is 5.09. The third kappa shape index (κ3) is 3.09. The molecule has 5 rings (SSSR count). The minimum Gasteiger partial charge on any atom is -0.506 e. The van der Waals surface area contributed by atoms with Gasteiger partial charge in [-0.05, 0) is 25.1 Å². The molecule has 8 nitrogen and oxygen atoms in total. The van der Waals surface area contributed by atoms with Gasteiger partial charge < -0.3 is 9.84 Å². The molecule has 2 amide bonds. The Morgan fingerprint density at radius 3 is 2.44 bits per heavy atom. The maximum Gasteiger partial charge on any atom is 0.331 e. The number of ketones is 1. The van der Waals surface area contributed by atoms with Crippen molar-refractivity contribution in [2.75, 3.05) is 11.5 Å². The van der Waals surface area contributed by atoms with Gasteiger partial charge in [0.15, 0.2) is 11.8 Å². The Bertz CT molecular complexity index is 1360. The third-order valence-electron chi connectivity index (χ3n) is 6.09. The summed E-state index contributed by atoms with van der Waals surface area (Å²) in [6, 6.07) is 9.32. The number of hydrogen-bond acceptors (Lipinski definition) is 7. The monoisotopic (exact) mass is 498 g/mol. The minimum absolute atomic E-state index is 0.0325. The molecule has 10 heteroatoms. The maximum atomic E-state index is 13.6. The number of fused-ring (bicyclic) bond motifs is 2. The van der Waals surface area contributed by atoms with E-state index in [1.54, 1.807) is 25.1 Å². The fourth-order valence-corrected chi connectivity index (χ4v) is 5.15. The van der Waals surface area contributed by atoms with Crippen LogP contribution in [0.5, 0.6) is 0 Å². The van der Waals surface area contributed by atoms with E-state index in [1.165, 1.54) is 24.3 Å². The molecule has 0 aromatic heterocycles. The molecule has 2 heterocycles. The molecule has 0 saturated carbocycles. The lowest BCUT2D eigenvalue weighted by Crippen LogP contribution is -2.36. The number of nitrogens with zero attached hydrogens (tertiary/aromatic N) is 2. The molecule has 3 aliphatic rings. The van der Waals surface area contributed by atoms with Gasteiger partial charge in [0.25, 0.3) is 0 Å². The highest BCUT2D eigenvalue weighted by Crippen LogP contribution is 2.45. The molecular formula is C24H16Cl2N2O6. The molecule has 1 N–H and O–H groups in total. The average Bonchev–Trinajstić information content (AvgIpc) is 3.39. The number of aliphatic hydroxyl groups excluding tert-OH is 1. The molecule has 172 valence electrons. The Morgan fingerprint density at radius 1 is 1.09 bits per heavy atom. The summed E-state index contributed by atoms with van der Waals surface area (Å²) in [5, 5.41) is 11.2. The van der Waals surface area contributed by atoms with Crippen LogP contribution in [0.2, 0.25) is 10.0 Å². The number of benzene rings is 2. The number of Topliss-reactive ketones (excluding diaryl/α,β-unsaturated/α-hetero) is 1. The van der Waals surface area contributed by atoms with Gasteiger partial charge in [-0.15, -0.1) is 0 Å². The minimum atomic E-state index is -1.36. The number of imide groups is 1. The van der Waals surface area contributed by atoms with Crippen LogP contribution in [0.1, 0.15) is 22.8 Å². The van der Waals surface area contributed by atoms with E-state index in [-0.39, 0.29) is 45.5 Å². The zero-order valence-corrected chi connectivity index (χ0v) is 19.1. The largest absolute Gasteiger partial charge is 0.506 e. The van der Waals surface area contributed by atoms with Gasteiger partial charge in [-0.3, -0.25) is 19.4 Å². The van der Waals surface area contributed by atoms with Crippen molar-refractivity contribution < 1.29 is 29.0 Å². The molecule has 34 heavy (non-hydrogen) atoms. The second-order valence-corrected chi connectivity index (χ2v) is 8.76. The maximum absolute atomic E-state index is 13.6. The number of esters is 1. The topological polar surface area (TPSA) is 113 Å². The number of halogens is 2. The van der Waals surface area contributed by atoms with Crippen molar-refractivity contribution in [1.82, 2.24) is 0 Å². The second-order valence-electron chi connectivity index (χ2n) is 7.92. The number of amides is 2. The van der Waals surface area contributed by atoms with Gasteiger partial charge in [-0.2, -0.15) is 0 Å². The second kappa shape index (κ2) is 8.07. The van der Waals surface area contributed by atoms with E-state index >= 15 is 0 Å². The van der Waals surface area contributed by atoms with E-state index < -0.39 is 41.4 Å². The van der Waals surface area contributed by atoms with Crippen LogP contribution in [-0.4, -0.2) is 47.0 Å². The number of rotatable bonds is 4. The Kier molecular flexibility index (Phi) is 5.30.